The van der Waals surface area contributed by atoms with Crippen LogP contribution >= 0.6 is 0 Å². The molecule has 0 aliphatic heterocycles. The van der Waals surface area contributed by atoms with Crippen molar-refractivity contribution in [3.63, 3.8) is 0 Å². The lowest BCUT2D eigenvalue weighted by Crippen LogP contribution is -2.12. The Kier molecular flexibility index (Phi) is 34.2. The Labute approximate surface area is 271 Å². The van der Waals surface area contributed by atoms with Crippen LogP contribution in [0.3, 0.4) is 0 Å². The molecule has 43 heavy (non-hydrogen) atoms. The topological polar surface area (TPSA) is 63.6 Å². The van der Waals surface area contributed by atoms with Gasteiger partial charge in [0.1, 0.15) is 0 Å². The van der Waals surface area contributed by atoms with Crippen molar-refractivity contribution >= 4 is 10.4 Å². The summed E-state index contributed by atoms with van der Waals surface area (Å²) in [6.45, 7) is 4.61. The highest BCUT2D eigenvalue weighted by Gasteiger charge is 2.11. The summed E-state index contributed by atoms with van der Waals surface area (Å²) in [7, 11) is -4.37. The number of hydrogen-bond donors (Lipinski definition) is 1. The summed E-state index contributed by atoms with van der Waals surface area (Å²) in [5.41, 5.74) is 0. The van der Waals surface area contributed by atoms with E-state index in [0.29, 0.717) is 0 Å². The molecular formula is C38H76O4S. The second-order valence-corrected chi connectivity index (χ2v) is 14.5. The van der Waals surface area contributed by atoms with Crippen LogP contribution in [0.5, 0.6) is 0 Å². The molecule has 1 N–H and O–H groups in total. The zero-order valence-corrected chi connectivity index (χ0v) is 30.0. The van der Waals surface area contributed by atoms with Gasteiger partial charge in [0.15, 0.2) is 0 Å². The first kappa shape index (κ1) is 42.6. The molecule has 0 heterocycles. The molecule has 0 bridgehead atoms. The molecule has 0 aromatic heterocycles. The summed E-state index contributed by atoms with van der Waals surface area (Å²) in [6.07, 6.45) is 47.1. The van der Waals surface area contributed by atoms with Crippen LogP contribution in [-0.4, -0.2) is 19.6 Å². The Morgan fingerprint density at radius 1 is 0.488 bits per heavy atom. The molecule has 0 aromatic carbocycles. The van der Waals surface area contributed by atoms with E-state index in [1.165, 1.54) is 186 Å². The van der Waals surface area contributed by atoms with Crippen molar-refractivity contribution in [3.05, 3.63) is 12.2 Å². The van der Waals surface area contributed by atoms with Gasteiger partial charge in [-0.2, -0.15) is 8.42 Å². The number of unbranched alkanes of at least 4 members (excludes halogenated alkanes) is 29. The van der Waals surface area contributed by atoms with E-state index in [1.807, 2.05) is 0 Å². The fraction of sp³-hybridized carbons (Fsp3) is 0.947. The van der Waals surface area contributed by atoms with Crippen LogP contribution in [-0.2, 0) is 14.6 Å². The van der Waals surface area contributed by atoms with E-state index in [9.17, 15) is 8.42 Å². The fourth-order valence-corrected chi connectivity index (χ4v) is 6.46. The maximum absolute atomic E-state index is 11.1. The summed E-state index contributed by atoms with van der Waals surface area (Å²) in [5, 5.41) is 0. The molecular weight excluding hydrogens is 552 g/mol. The van der Waals surface area contributed by atoms with E-state index in [-0.39, 0.29) is 12.5 Å². The summed E-state index contributed by atoms with van der Waals surface area (Å²) in [6, 6.07) is 0. The van der Waals surface area contributed by atoms with Gasteiger partial charge < -0.3 is 0 Å². The molecule has 0 saturated carbocycles. The maximum Gasteiger partial charge on any atom is 0.397 e. The third kappa shape index (κ3) is 37.7. The number of allylic oxidation sites excluding steroid dienone is 1. The van der Waals surface area contributed by atoms with Crippen LogP contribution in [0, 0.1) is 5.92 Å². The largest absolute Gasteiger partial charge is 0.397 e. The first-order valence-electron chi connectivity index (χ1n) is 19.3. The predicted molar refractivity (Wildman–Crippen MR) is 189 cm³/mol. The Morgan fingerprint density at radius 2 is 0.791 bits per heavy atom. The van der Waals surface area contributed by atoms with Gasteiger partial charge in [0.2, 0.25) is 0 Å². The van der Waals surface area contributed by atoms with Crippen LogP contribution in [0.4, 0.5) is 0 Å². The first-order valence-corrected chi connectivity index (χ1v) is 20.6. The van der Waals surface area contributed by atoms with Crippen molar-refractivity contribution in [3.8, 4) is 0 Å². The minimum Gasteiger partial charge on any atom is -0.264 e. The molecule has 1 atom stereocenters. The smallest absolute Gasteiger partial charge is 0.264 e. The highest BCUT2D eigenvalue weighted by molar-refractivity contribution is 7.80. The van der Waals surface area contributed by atoms with E-state index in [0.717, 1.165) is 19.3 Å². The lowest BCUT2D eigenvalue weighted by molar-refractivity contribution is 0.234. The number of hydrogen-bond acceptors (Lipinski definition) is 3. The van der Waals surface area contributed by atoms with Gasteiger partial charge in [-0.1, -0.05) is 212 Å². The molecule has 0 amide bonds. The van der Waals surface area contributed by atoms with Gasteiger partial charge in [-0.15, -0.1) is 0 Å². The molecule has 0 saturated heterocycles. The average Bonchev–Trinajstić information content (AvgIpc) is 2.98. The summed E-state index contributed by atoms with van der Waals surface area (Å²) in [5.74, 6) is 0.0560. The molecule has 1 unspecified atom stereocenters. The average molecular weight is 629 g/mol. The van der Waals surface area contributed by atoms with Crippen molar-refractivity contribution < 1.29 is 17.2 Å². The highest BCUT2D eigenvalue weighted by atomic mass is 32.3. The lowest BCUT2D eigenvalue weighted by atomic mass is 9.99. The third-order valence-corrected chi connectivity index (χ3v) is 9.43. The van der Waals surface area contributed by atoms with Crippen LogP contribution in [0.1, 0.15) is 219 Å². The Bertz CT molecular complexity index is 661. The van der Waals surface area contributed by atoms with Gasteiger partial charge in [-0.05, 0) is 19.3 Å². The van der Waals surface area contributed by atoms with E-state index in [2.05, 4.69) is 26.0 Å². The van der Waals surface area contributed by atoms with Crippen LogP contribution in [0.25, 0.3) is 0 Å². The van der Waals surface area contributed by atoms with Gasteiger partial charge in [0.25, 0.3) is 0 Å². The molecule has 0 aliphatic rings. The van der Waals surface area contributed by atoms with Gasteiger partial charge >= 0.3 is 10.4 Å². The van der Waals surface area contributed by atoms with Crippen molar-refractivity contribution in [1.29, 1.82) is 0 Å². The zero-order chi connectivity index (χ0) is 31.5. The molecule has 0 spiro atoms. The zero-order valence-electron chi connectivity index (χ0n) is 29.1. The SMILES string of the molecule is CCCCCCCCCCCCCCCCCCC/C=C/C(CCCCCCCCCCCCCCC)COS(=O)(=O)O. The van der Waals surface area contributed by atoms with Crippen LogP contribution in [0.15, 0.2) is 12.2 Å². The molecule has 0 rings (SSSR count). The molecule has 0 aromatic rings. The van der Waals surface area contributed by atoms with Crippen LogP contribution in [0.2, 0.25) is 0 Å². The minimum absolute atomic E-state index is 0.0483. The second kappa shape index (κ2) is 34.5. The maximum atomic E-state index is 11.1. The Morgan fingerprint density at radius 3 is 1.12 bits per heavy atom. The monoisotopic (exact) mass is 629 g/mol. The molecule has 258 valence electrons. The Hall–Kier alpha value is -0.390. The van der Waals surface area contributed by atoms with Crippen LogP contribution < -0.4 is 0 Å². The molecule has 0 aliphatic carbocycles. The Balaban J connectivity index is 3.71. The van der Waals surface area contributed by atoms with E-state index in [4.69, 9.17) is 8.74 Å². The van der Waals surface area contributed by atoms with Gasteiger partial charge in [0, 0.05) is 5.92 Å². The van der Waals surface area contributed by atoms with Crippen molar-refractivity contribution in [2.75, 3.05) is 6.61 Å². The molecule has 0 fully saturated rings. The van der Waals surface area contributed by atoms with E-state index in [1.54, 1.807) is 0 Å². The van der Waals surface area contributed by atoms with Crippen molar-refractivity contribution in [2.24, 2.45) is 5.92 Å². The van der Waals surface area contributed by atoms with Crippen molar-refractivity contribution in [1.82, 2.24) is 0 Å². The van der Waals surface area contributed by atoms with Gasteiger partial charge in [0.05, 0.1) is 6.61 Å². The lowest BCUT2D eigenvalue weighted by Gasteiger charge is -2.12. The quantitative estimate of drug-likeness (QED) is 0.0426. The second-order valence-electron chi connectivity index (χ2n) is 13.4. The fourth-order valence-electron chi connectivity index (χ4n) is 6.11. The van der Waals surface area contributed by atoms with Gasteiger partial charge in [-0.25, -0.2) is 4.18 Å². The highest BCUT2D eigenvalue weighted by Crippen LogP contribution is 2.18. The summed E-state index contributed by atoms with van der Waals surface area (Å²) < 4.78 is 35.9. The van der Waals surface area contributed by atoms with E-state index < -0.39 is 10.4 Å². The first-order chi connectivity index (χ1) is 21.0. The minimum atomic E-state index is -4.37. The molecule has 4 nitrogen and oxygen atoms in total. The summed E-state index contributed by atoms with van der Waals surface area (Å²) in [4.78, 5) is 0. The van der Waals surface area contributed by atoms with E-state index >= 15 is 0 Å². The predicted octanol–water partition coefficient (Wildman–Crippen LogP) is 13.5. The third-order valence-electron chi connectivity index (χ3n) is 8.99. The molecule has 0 radical (unpaired) electrons. The van der Waals surface area contributed by atoms with Gasteiger partial charge in [-0.3, -0.25) is 4.55 Å². The molecule has 5 heteroatoms. The van der Waals surface area contributed by atoms with Crippen molar-refractivity contribution in [2.45, 2.75) is 219 Å². The summed E-state index contributed by atoms with van der Waals surface area (Å²) >= 11 is 0. The standard InChI is InChI=1S/C38H76O4S/c1-3-5-7-9-11-13-15-17-18-19-20-21-22-24-26-28-30-32-34-36-38(37-42-43(39,40)41)35-33-31-29-27-25-23-16-14-12-10-8-6-4-2/h34,36,38H,3-33,35,37H2,1-2H3,(H,39,40,41)/b36-34+. The normalized spacial score (nSPS) is 12.9. The number of rotatable bonds is 36.